The van der Waals surface area contributed by atoms with Crippen LogP contribution < -0.4 is 4.74 Å². The van der Waals surface area contributed by atoms with Crippen molar-refractivity contribution in [2.45, 2.75) is 31.8 Å². The molecule has 1 aromatic carbocycles. The molecule has 5 heteroatoms. The molecule has 0 radical (unpaired) electrons. The summed E-state index contributed by atoms with van der Waals surface area (Å²) in [7, 11) is 1.35. The number of carbonyl (C=O) groups is 1. The van der Waals surface area contributed by atoms with Crippen molar-refractivity contribution in [2.24, 2.45) is 0 Å². The van der Waals surface area contributed by atoms with E-state index >= 15 is 0 Å². The summed E-state index contributed by atoms with van der Waals surface area (Å²) in [6.07, 6.45) is 0.0388. The highest BCUT2D eigenvalue weighted by Gasteiger charge is 2.40. The number of hydrogen-bond acceptors (Lipinski definition) is 3. The molecule has 0 saturated heterocycles. The lowest BCUT2D eigenvalue weighted by molar-refractivity contribution is -0.161. The van der Waals surface area contributed by atoms with Crippen molar-refractivity contribution in [3.8, 4) is 5.75 Å². The van der Waals surface area contributed by atoms with Crippen LogP contribution in [0.5, 0.6) is 5.75 Å². The number of ether oxygens (including phenoxy) is 1. The topological polar surface area (TPSA) is 66.8 Å². The Morgan fingerprint density at radius 3 is 2.56 bits per heavy atom. The Balaban J connectivity index is 3.14. The van der Waals surface area contributed by atoms with Crippen LogP contribution in [-0.2, 0) is 4.79 Å². The van der Waals surface area contributed by atoms with Crippen molar-refractivity contribution in [3.63, 3.8) is 0 Å². The highest BCUT2D eigenvalue weighted by atomic mass is 19.1. The maximum absolute atomic E-state index is 13.5. The Labute approximate surface area is 105 Å². The van der Waals surface area contributed by atoms with Crippen molar-refractivity contribution in [2.75, 3.05) is 7.11 Å². The summed E-state index contributed by atoms with van der Waals surface area (Å²) in [6.45, 7) is 3.13. The van der Waals surface area contributed by atoms with Crippen molar-refractivity contribution < 1.29 is 24.1 Å². The number of hydrogen-bond donors (Lipinski definition) is 2. The van der Waals surface area contributed by atoms with Gasteiger partial charge in [-0.3, -0.25) is 0 Å². The summed E-state index contributed by atoms with van der Waals surface area (Å²) in [5.41, 5.74) is -1.49. The number of halogens is 1. The zero-order valence-electron chi connectivity index (χ0n) is 10.6. The maximum Gasteiger partial charge on any atom is 0.336 e. The van der Waals surface area contributed by atoms with Crippen LogP contribution in [0.3, 0.4) is 0 Å². The molecule has 100 valence electrons. The number of carboxylic acid groups (broad SMARTS) is 1. The predicted molar refractivity (Wildman–Crippen MR) is 64.2 cm³/mol. The molecule has 0 fully saturated rings. The molecule has 0 saturated carbocycles. The van der Waals surface area contributed by atoms with E-state index in [0.717, 1.165) is 0 Å². The lowest BCUT2D eigenvalue weighted by Gasteiger charge is -2.29. The number of rotatable bonds is 5. The number of carboxylic acids is 1. The van der Waals surface area contributed by atoms with E-state index in [4.69, 9.17) is 9.84 Å². The first-order valence-electron chi connectivity index (χ1n) is 5.66. The van der Waals surface area contributed by atoms with Crippen LogP contribution in [0.15, 0.2) is 18.2 Å². The van der Waals surface area contributed by atoms with E-state index in [1.165, 1.54) is 19.2 Å². The minimum atomic E-state index is -1.90. The number of benzene rings is 1. The van der Waals surface area contributed by atoms with Gasteiger partial charge in [-0.15, -0.1) is 0 Å². The Hall–Kier alpha value is -1.62. The summed E-state index contributed by atoms with van der Waals surface area (Å²) in [5.74, 6) is -2.53. The van der Waals surface area contributed by atoms with Crippen molar-refractivity contribution in [1.29, 1.82) is 0 Å². The van der Waals surface area contributed by atoms with Gasteiger partial charge in [-0.1, -0.05) is 19.9 Å². The monoisotopic (exact) mass is 256 g/mol. The summed E-state index contributed by atoms with van der Waals surface area (Å²) in [6, 6.07) is 4.16. The molecule has 18 heavy (non-hydrogen) atoms. The fourth-order valence-corrected chi connectivity index (χ4v) is 1.87. The molecule has 2 unspecified atom stereocenters. The smallest absolute Gasteiger partial charge is 0.336 e. The van der Waals surface area contributed by atoms with E-state index < -0.39 is 23.3 Å². The Morgan fingerprint density at radius 2 is 2.17 bits per heavy atom. The third kappa shape index (κ3) is 2.46. The highest BCUT2D eigenvalue weighted by molar-refractivity contribution is 5.78. The second-order valence-corrected chi connectivity index (χ2v) is 4.20. The summed E-state index contributed by atoms with van der Waals surface area (Å²) >= 11 is 0. The van der Waals surface area contributed by atoms with Gasteiger partial charge in [0.2, 0.25) is 0 Å². The molecular weight excluding hydrogens is 239 g/mol. The first kappa shape index (κ1) is 14.4. The second-order valence-electron chi connectivity index (χ2n) is 4.20. The molecule has 4 nitrogen and oxygen atoms in total. The molecule has 0 heterocycles. The molecule has 1 rings (SSSR count). The van der Waals surface area contributed by atoms with E-state index in [2.05, 4.69) is 0 Å². The Morgan fingerprint density at radius 1 is 1.56 bits per heavy atom. The average molecular weight is 256 g/mol. The molecular formula is C13H17FO4. The van der Waals surface area contributed by atoms with Gasteiger partial charge in [-0.05, 0) is 24.1 Å². The molecule has 2 atom stereocenters. The van der Waals surface area contributed by atoms with Crippen LogP contribution in [0.4, 0.5) is 4.39 Å². The van der Waals surface area contributed by atoms with Gasteiger partial charge < -0.3 is 14.9 Å². The van der Waals surface area contributed by atoms with E-state index in [-0.39, 0.29) is 12.2 Å². The lowest BCUT2D eigenvalue weighted by Crippen LogP contribution is -2.42. The minimum Gasteiger partial charge on any atom is -0.494 e. The molecule has 0 amide bonds. The molecule has 0 aliphatic carbocycles. The third-order valence-electron chi connectivity index (χ3n) is 3.30. The first-order chi connectivity index (χ1) is 8.36. The second kappa shape index (κ2) is 5.35. The van der Waals surface area contributed by atoms with Crippen molar-refractivity contribution >= 4 is 5.97 Å². The zero-order valence-corrected chi connectivity index (χ0v) is 10.6. The van der Waals surface area contributed by atoms with Crippen LogP contribution in [0.2, 0.25) is 0 Å². The van der Waals surface area contributed by atoms with Gasteiger partial charge in [0, 0.05) is 5.92 Å². The van der Waals surface area contributed by atoms with Crippen LogP contribution in [0.25, 0.3) is 0 Å². The molecule has 0 bridgehead atoms. The van der Waals surface area contributed by atoms with Gasteiger partial charge >= 0.3 is 5.97 Å². The van der Waals surface area contributed by atoms with Gasteiger partial charge in [-0.2, -0.15) is 0 Å². The van der Waals surface area contributed by atoms with Gasteiger partial charge in [-0.25, -0.2) is 9.18 Å². The Kier molecular flexibility index (Phi) is 4.29. The van der Waals surface area contributed by atoms with Crippen LogP contribution in [-0.4, -0.2) is 28.9 Å². The largest absolute Gasteiger partial charge is 0.494 e. The van der Waals surface area contributed by atoms with E-state index in [1.54, 1.807) is 19.9 Å². The van der Waals surface area contributed by atoms with E-state index in [1.807, 2.05) is 0 Å². The fraction of sp³-hybridized carbons (Fsp3) is 0.462. The molecule has 0 aromatic heterocycles. The van der Waals surface area contributed by atoms with E-state index in [0.29, 0.717) is 5.56 Å². The zero-order chi connectivity index (χ0) is 13.9. The molecule has 2 N–H and O–H groups in total. The molecule has 1 aromatic rings. The highest BCUT2D eigenvalue weighted by Crippen LogP contribution is 2.33. The van der Waals surface area contributed by atoms with Crippen molar-refractivity contribution in [3.05, 3.63) is 29.6 Å². The quantitative estimate of drug-likeness (QED) is 0.847. The lowest BCUT2D eigenvalue weighted by atomic mass is 9.81. The SMILES string of the molecule is CCC(O)(C(=O)O)C(C)c1ccc(OC)c(F)c1. The number of methoxy groups -OCH3 is 1. The normalized spacial score (nSPS) is 15.8. The van der Waals surface area contributed by atoms with Gasteiger partial charge in [0.25, 0.3) is 0 Å². The van der Waals surface area contributed by atoms with Crippen LogP contribution in [0.1, 0.15) is 31.7 Å². The van der Waals surface area contributed by atoms with Gasteiger partial charge in [0.05, 0.1) is 7.11 Å². The number of aliphatic carboxylic acids is 1. The van der Waals surface area contributed by atoms with E-state index in [9.17, 15) is 14.3 Å². The summed E-state index contributed by atoms with van der Waals surface area (Å²) < 4.78 is 18.3. The predicted octanol–water partition coefficient (Wildman–Crippen LogP) is 2.16. The Bertz CT molecular complexity index is 447. The summed E-state index contributed by atoms with van der Waals surface area (Å²) in [4.78, 5) is 11.1. The van der Waals surface area contributed by atoms with Crippen LogP contribution in [0, 0.1) is 5.82 Å². The summed E-state index contributed by atoms with van der Waals surface area (Å²) in [5, 5.41) is 19.1. The number of aliphatic hydroxyl groups is 1. The fourth-order valence-electron chi connectivity index (χ4n) is 1.87. The standard InChI is InChI=1S/C13H17FO4/c1-4-13(17,12(15)16)8(2)9-5-6-11(18-3)10(14)7-9/h5-8,17H,4H2,1-3H3,(H,15,16). The van der Waals surface area contributed by atoms with Gasteiger partial charge in [0.15, 0.2) is 17.2 Å². The average Bonchev–Trinajstić information content (AvgIpc) is 2.36. The first-order valence-corrected chi connectivity index (χ1v) is 5.66. The third-order valence-corrected chi connectivity index (χ3v) is 3.30. The van der Waals surface area contributed by atoms with Crippen LogP contribution >= 0.6 is 0 Å². The minimum absolute atomic E-state index is 0.0388. The molecule has 0 aliphatic heterocycles. The van der Waals surface area contributed by atoms with Crippen molar-refractivity contribution in [1.82, 2.24) is 0 Å². The maximum atomic E-state index is 13.5. The molecule has 0 aliphatic rings. The molecule has 0 spiro atoms. The van der Waals surface area contributed by atoms with Gasteiger partial charge in [0.1, 0.15) is 0 Å².